The topological polar surface area (TPSA) is 70.0 Å². The van der Waals surface area contributed by atoms with Crippen LogP contribution in [0.3, 0.4) is 0 Å². The zero-order chi connectivity index (χ0) is 17.0. The first-order chi connectivity index (χ1) is 10.9. The first-order valence-corrected chi connectivity index (χ1v) is 7.36. The summed E-state index contributed by atoms with van der Waals surface area (Å²) in [5.74, 6) is -0.137. The Hall–Kier alpha value is -1.95. The van der Waals surface area contributed by atoms with Crippen molar-refractivity contribution in [2.75, 3.05) is 20.7 Å². The Morgan fingerprint density at radius 1 is 1.12 bits per heavy atom. The van der Waals surface area contributed by atoms with Gasteiger partial charge in [0.2, 0.25) is 5.78 Å². The Balaban J connectivity index is 0.00000288. The Labute approximate surface area is 151 Å². The third kappa shape index (κ3) is 5.03. The van der Waals surface area contributed by atoms with Gasteiger partial charge < -0.3 is 19.8 Å². The minimum atomic E-state index is -0.377. The smallest absolute Gasteiger partial charge is 0.203 e. The lowest BCUT2D eigenvalue weighted by Gasteiger charge is -2.15. The molecule has 0 aliphatic heterocycles. The van der Waals surface area contributed by atoms with E-state index in [1.54, 1.807) is 43.3 Å². The minimum absolute atomic E-state index is 0. The highest BCUT2D eigenvalue weighted by Gasteiger charge is 2.18. The van der Waals surface area contributed by atoms with Gasteiger partial charge in [0.05, 0.1) is 11.1 Å². The molecule has 0 atom stereocenters. The maximum Gasteiger partial charge on any atom is 0.203 e. The molecule has 130 valence electrons. The van der Waals surface area contributed by atoms with Crippen molar-refractivity contribution in [3.05, 3.63) is 52.5 Å². The second kappa shape index (κ2) is 8.78. The number of carbonyl (C=O) groups is 1. The van der Waals surface area contributed by atoms with Crippen LogP contribution in [0, 0.1) is 0 Å². The summed E-state index contributed by atoms with van der Waals surface area (Å²) >= 11 is 5.78. The van der Waals surface area contributed by atoms with E-state index in [2.05, 4.69) is 0 Å². The average Bonchev–Trinajstić information content (AvgIpc) is 2.50. The van der Waals surface area contributed by atoms with Crippen LogP contribution in [0.1, 0.15) is 15.9 Å². The molecule has 0 unspecified atom stereocenters. The summed E-state index contributed by atoms with van der Waals surface area (Å²) in [6.45, 7) is 0.0954. The number of ether oxygens (including phenoxy) is 1. The van der Waals surface area contributed by atoms with Crippen molar-refractivity contribution in [2.45, 2.75) is 6.54 Å². The summed E-state index contributed by atoms with van der Waals surface area (Å²) in [4.78, 5) is 14.0. The van der Waals surface area contributed by atoms with Crippen LogP contribution >= 0.6 is 24.0 Å². The van der Waals surface area contributed by atoms with E-state index in [1.165, 1.54) is 12.1 Å². The van der Waals surface area contributed by atoms with Gasteiger partial charge in [-0.15, -0.1) is 12.4 Å². The number of halogens is 2. The number of Topliss-reactive ketones (excluding diaryl/α,β-unsaturated/α-hetero) is 1. The van der Waals surface area contributed by atoms with Crippen molar-refractivity contribution in [3.8, 4) is 17.2 Å². The van der Waals surface area contributed by atoms with Gasteiger partial charge in [0.15, 0.2) is 6.61 Å². The lowest BCUT2D eigenvalue weighted by molar-refractivity contribution is 0.0918. The van der Waals surface area contributed by atoms with E-state index in [4.69, 9.17) is 16.3 Å². The molecule has 5 nitrogen and oxygen atoms in total. The molecule has 0 heterocycles. The maximum atomic E-state index is 12.2. The largest absolute Gasteiger partial charge is 0.507 e. The summed E-state index contributed by atoms with van der Waals surface area (Å²) in [6.07, 6.45) is 0. The SMILES string of the molecule is CN(C)Cc1c(O)ccc(C(=O)COc2ccc(Cl)cc2)c1O.Cl. The molecule has 0 radical (unpaired) electrons. The first-order valence-electron chi connectivity index (χ1n) is 6.98. The predicted molar refractivity (Wildman–Crippen MR) is 95.7 cm³/mol. The van der Waals surface area contributed by atoms with Gasteiger partial charge >= 0.3 is 0 Å². The number of phenolic OH excluding ortho intramolecular Hbond substituents is 2. The van der Waals surface area contributed by atoms with E-state index < -0.39 is 0 Å². The molecular formula is C17H19Cl2NO4. The van der Waals surface area contributed by atoms with E-state index in [0.29, 0.717) is 22.9 Å². The van der Waals surface area contributed by atoms with Crippen molar-refractivity contribution >= 4 is 29.8 Å². The van der Waals surface area contributed by atoms with Crippen LogP contribution in [0.4, 0.5) is 0 Å². The number of ketones is 1. The van der Waals surface area contributed by atoms with Crippen LogP contribution in [-0.4, -0.2) is 41.6 Å². The van der Waals surface area contributed by atoms with Crippen LogP contribution in [0.5, 0.6) is 17.2 Å². The van der Waals surface area contributed by atoms with E-state index in [1.807, 2.05) is 0 Å². The fourth-order valence-corrected chi connectivity index (χ4v) is 2.21. The molecule has 0 aliphatic carbocycles. The number of aromatic hydroxyl groups is 2. The molecule has 2 aromatic carbocycles. The highest BCUT2D eigenvalue weighted by Crippen LogP contribution is 2.31. The van der Waals surface area contributed by atoms with Gasteiger partial charge in [0.1, 0.15) is 17.2 Å². The quantitative estimate of drug-likeness (QED) is 0.760. The monoisotopic (exact) mass is 371 g/mol. The van der Waals surface area contributed by atoms with Crippen molar-refractivity contribution in [1.29, 1.82) is 0 Å². The van der Waals surface area contributed by atoms with E-state index in [0.717, 1.165) is 0 Å². The molecule has 0 aromatic heterocycles. The lowest BCUT2D eigenvalue weighted by Crippen LogP contribution is -2.14. The summed E-state index contributed by atoms with van der Waals surface area (Å²) in [5, 5.41) is 20.7. The first kappa shape index (κ1) is 20.1. The Morgan fingerprint density at radius 3 is 2.33 bits per heavy atom. The van der Waals surface area contributed by atoms with Gasteiger partial charge in [-0.05, 0) is 50.5 Å². The summed E-state index contributed by atoms with van der Waals surface area (Å²) in [5.41, 5.74) is 0.431. The van der Waals surface area contributed by atoms with Crippen LogP contribution in [0.15, 0.2) is 36.4 Å². The standard InChI is InChI=1S/C17H18ClNO4.ClH/c1-19(2)9-14-15(20)8-7-13(17(14)22)16(21)10-23-12-5-3-11(18)4-6-12;/h3-8,20,22H,9-10H2,1-2H3;1H. The number of hydrogen-bond donors (Lipinski definition) is 2. The number of carbonyl (C=O) groups excluding carboxylic acids is 1. The third-order valence-electron chi connectivity index (χ3n) is 3.22. The van der Waals surface area contributed by atoms with Crippen LogP contribution < -0.4 is 4.74 Å². The van der Waals surface area contributed by atoms with Gasteiger partial charge in [-0.25, -0.2) is 0 Å². The van der Waals surface area contributed by atoms with Gasteiger partial charge in [-0.2, -0.15) is 0 Å². The van der Waals surface area contributed by atoms with Gasteiger partial charge in [-0.3, -0.25) is 4.79 Å². The van der Waals surface area contributed by atoms with Crippen LogP contribution in [-0.2, 0) is 6.54 Å². The van der Waals surface area contributed by atoms with Crippen LogP contribution in [0.2, 0.25) is 5.02 Å². The molecule has 0 spiro atoms. The Bertz CT molecular complexity index is 702. The summed E-state index contributed by atoms with van der Waals surface area (Å²) in [7, 11) is 3.61. The molecule has 2 rings (SSSR count). The number of phenols is 2. The number of nitrogens with zero attached hydrogens (tertiary/aromatic N) is 1. The lowest BCUT2D eigenvalue weighted by atomic mass is 10.0. The van der Waals surface area contributed by atoms with Gasteiger partial charge in [0, 0.05) is 11.6 Å². The third-order valence-corrected chi connectivity index (χ3v) is 3.47. The van der Waals surface area contributed by atoms with Crippen molar-refractivity contribution in [1.82, 2.24) is 4.90 Å². The molecule has 2 N–H and O–H groups in total. The van der Waals surface area contributed by atoms with Crippen molar-refractivity contribution in [2.24, 2.45) is 0 Å². The van der Waals surface area contributed by atoms with E-state index in [9.17, 15) is 15.0 Å². The van der Waals surface area contributed by atoms with Crippen LogP contribution in [0.25, 0.3) is 0 Å². The number of hydrogen-bond acceptors (Lipinski definition) is 5. The molecule has 0 bridgehead atoms. The van der Waals surface area contributed by atoms with Crippen molar-refractivity contribution < 1.29 is 19.7 Å². The zero-order valence-electron chi connectivity index (χ0n) is 13.3. The van der Waals surface area contributed by atoms with Gasteiger partial charge in [0.25, 0.3) is 0 Å². The normalized spacial score (nSPS) is 10.3. The summed E-state index contributed by atoms with van der Waals surface area (Å²) < 4.78 is 5.39. The second-order valence-electron chi connectivity index (χ2n) is 5.36. The van der Waals surface area contributed by atoms with E-state index in [-0.39, 0.29) is 41.9 Å². The minimum Gasteiger partial charge on any atom is -0.507 e. The molecule has 24 heavy (non-hydrogen) atoms. The fourth-order valence-electron chi connectivity index (χ4n) is 2.08. The molecule has 0 amide bonds. The Kier molecular flexibility index (Phi) is 7.35. The Morgan fingerprint density at radius 2 is 1.75 bits per heavy atom. The highest BCUT2D eigenvalue weighted by atomic mass is 35.5. The molecule has 0 aliphatic rings. The number of benzene rings is 2. The molecular weight excluding hydrogens is 353 g/mol. The molecule has 0 saturated heterocycles. The van der Waals surface area contributed by atoms with Crippen molar-refractivity contribution in [3.63, 3.8) is 0 Å². The fraction of sp³-hybridized carbons (Fsp3) is 0.235. The molecule has 7 heteroatoms. The molecule has 0 fully saturated rings. The maximum absolute atomic E-state index is 12.2. The highest BCUT2D eigenvalue weighted by molar-refractivity contribution is 6.30. The number of rotatable bonds is 6. The zero-order valence-corrected chi connectivity index (χ0v) is 14.9. The average molecular weight is 372 g/mol. The molecule has 2 aromatic rings. The van der Waals surface area contributed by atoms with E-state index >= 15 is 0 Å². The molecule has 0 saturated carbocycles. The summed E-state index contributed by atoms with van der Waals surface area (Å²) in [6, 6.07) is 9.42. The second-order valence-corrected chi connectivity index (χ2v) is 5.80. The predicted octanol–water partition coefficient (Wildman–Crippen LogP) is 3.50. The van der Waals surface area contributed by atoms with Gasteiger partial charge in [-0.1, -0.05) is 11.6 Å².